The van der Waals surface area contributed by atoms with Crippen molar-refractivity contribution in [1.29, 1.82) is 0 Å². The minimum atomic E-state index is 0.284. The zero-order chi connectivity index (χ0) is 12.7. The zero-order valence-corrected chi connectivity index (χ0v) is 11.7. The molecule has 0 aliphatic carbocycles. The molecule has 1 unspecified atom stereocenters. The molecule has 1 rings (SSSR count). The van der Waals surface area contributed by atoms with E-state index in [-0.39, 0.29) is 6.61 Å². The quantitative estimate of drug-likeness (QED) is 0.671. The Hall–Kier alpha value is -0.160. The molecule has 102 valence electrons. The summed E-state index contributed by atoms with van der Waals surface area (Å²) in [5.74, 6) is 0. The predicted octanol–water partition coefficient (Wildman–Crippen LogP) is 0.232. The summed E-state index contributed by atoms with van der Waals surface area (Å²) < 4.78 is 0. The molecule has 0 aromatic carbocycles. The van der Waals surface area contributed by atoms with Gasteiger partial charge in [0.1, 0.15) is 0 Å². The van der Waals surface area contributed by atoms with Gasteiger partial charge in [0.2, 0.25) is 0 Å². The van der Waals surface area contributed by atoms with Crippen LogP contribution in [0.25, 0.3) is 0 Å². The van der Waals surface area contributed by atoms with Crippen molar-refractivity contribution in [2.24, 2.45) is 5.41 Å². The lowest BCUT2D eigenvalue weighted by atomic mass is 9.86. The third kappa shape index (κ3) is 4.92. The molecule has 0 radical (unpaired) electrons. The predicted molar refractivity (Wildman–Crippen MR) is 72.3 cm³/mol. The highest BCUT2D eigenvalue weighted by Crippen LogP contribution is 2.22. The van der Waals surface area contributed by atoms with Gasteiger partial charge >= 0.3 is 0 Å². The van der Waals surface area contributed by atoms with Crippen LogP contribution in [0.4, 0.5) is 0 Å². The Morgan fingerprint density at radius 2 is 1.76 bits per heavy atom. The summed E-state index contributed by atoms with van der Waals surface area (Å²) in [5, 5.41) is 12.2. The van der Waals surface area contributed by atoms with Gasteiger partial charge in [0.25, 0.3) is 0 Å². The number of rotatable bonds is 7. The van der Waals surface area contributed by atoms with Crippen molar-refractivity contribution in [3.63, 3.8) is 0 Å². The van der Waals surface area contributed by atoms with E-state index in [2.05, 4.69) is 29.0 Å². The lowest BCUT2D eigenvalue weighted by Gasteiger charge is -2.40. The number of aliphatic hydroxyl groups excluding tert-OH is 1. The van der Waals surface area contributed by atoms with Crippen molar-refractivity contribution >= 4 is 0 Å². The molecule has 1 aliphatic rings. The van der Waals surface area contributed by atoms with Crippen molar-refractivity contribution in [2.75, 3.05) is 59.5 Å². The Balaban J connectivity index is 2.33. The molecular weight excluding hydrogens is 214 g/mol. The van der Waals surface area contributed by atoms with Gasteiger partial charge in [-0.15, -0.1) is 0 Å². The Morgan fingerprint density at radius 3 is 2.24 bits per heavy atom. The largest absolute Gasteiger partial charge is 0.395 e. The van der Waals surface area contributed by atoms with Crippen LogP contribution in [0.3, 0.4) is 0 Å². The van der Waals surface area contributed by atoms with Gasteiger partial charge in [0.15, 0.2) is 0 Å². The normalized spacial score (nSPS) is 22.6. The molecule has 0 aromatic heterocycles. The second-order valence-electron chi connectivity index (χ2n) is 5.54. The maximum atomic E-state index is 8.92. The maximum absolute atomic E-state index is 8.92. The molecule has 4 heteroatoms. The molecule has 1 heterocycles. The molecule has 17 heavy (non-hydrogen) atoms. The average molecular weight is 243 g/mol. The SMILES string of the molecule is CCC(C)(CNC)CN1CCN(CCO)CC1. The number of hydrogen-bond acceptors (Lipinski definition) is 4. The molecule has 2 N–H and O–H groups in total. The number of nitrogens with zero attached hydrogens (tertiary/aromatic N) is 2. The highest BCUT2D eigenvalue weighted by atomic mass is 16.3. The van der Waals surface area contributed by atoms with Crippen LogP contribution in [0.1, 0.15) is 20.3 Å². The summed E-state index contributed by atoms with van der Waals surface area (Å²) >= 11 is 0. The third-order valence-corrected chi connectivity index (χ3v) is 3.94. The Kier molecular flexibility index (Phi) is 6.41. The van der Waals surface area contributed by atoms with Crippen LogP contribution in [0, 0.1) is 5.41 Å². The van der Waals surface area contributed by atoms with Crippen LogP contribution in [0.5, 0.6) is 0 Å². The molecule has 0 amide bonds. The molecule has 0 aromatic rings. The monoisotopic (exact) mass is 243 g/mol. The van der Waals surface area contributed by atoms with E-state index in [9.17, 15) is 0 Å². The number of piperazine rings is 1. The summed E-state index contributed by atoms with van der Waals surface area (Å²) in [6.45, 7) is 12.5. The van der Waals surface area contributed by atoms with Gasteiger partial charge in [-0.3, -0.25) is 4.90 Å². The first-order valence-corrected chi connectivity index (χ1v) is 6.83. The van der Waals surface area contributed by atoms with Crippen molar-refractivity contribution in [1.82, 2.24) is 15.1 Å². The van der Waals surface area contributed by atoms with Crippen molar-refractivity contribution in [2.45, 2.75) is 20.3 Å². The van der Waals surface area contributed by atoms with Crippen LogP contribution in [0.15, 0.2) is 0 Å². The standard InChI is InChI=1S/C13H29N3O/c1-4-13(2,11-14-3)12-16-7-5-15(6-8-16)9-10-17/h14,17H,4-12H2,1-3H3. The molecule has 0 saturated carbocycles. The van der Waals surface area contributed by atoms with Gasteiger partial charge in [-0.25, -0.2) is 0 Å². The minimum Gasteiger partial charge on any atom is -0.395 e. The molecule has 1 fully saturated rings. The molecular formula is C13H29N3O. The fourth-order valence-electron chi connectivity index (χ4n) is 2.57. The second-order valence-corrected chi connectivity index (χ2v) is 5.54. The summed E-state index contributed by atoms with van der Waals surface area (Å²) in [4.78, 5) is 4.91. The van der Waals surface area contributed by atoms with Gasteiger partial charge in [-0.2, -0.15) is 0 Å². The summed E-state index contributed by atoms with van der Waals surface area (Å²) in [7, 11) is 2.03. The Labute approximate surface area is 106 Å². The highest BCUT2D eigenvalue weighted by Gasteiger charge is 2.26. The molecule has 1 atom stereocenters. The van der Waals surface area contributed by atoms with Crippen molar-refractivity contribution in [3.8, 4) is 0 Å². The lowest BCUT2D eigenvalue weighted by Crippen LogP contribution is -2.51. The Bertz CT molecular complexity index is 205. The van der Waals surface area contributed by atoms with Gasteiger partial charge in [0.05, 0.1) is 6.61 Å². The van der Waals surface area contributed by atoms with Crippen LogP contribution in [0.2, 0.25) is 0 Å². The molecule has 0 bridgehead atoms. The van der Waals surface area contributed by atoms with Gasteiger partial charge in [-0.1, -0.05) is 13.8 Å². The van der Waals surface area contributed by atoms with E-state index in [1.165, 1.54) is 13.0 Å². The van der Waals surface area contributed by atoms with E-state index in [4.69, 9.17) is 5.11 Å². The first-order chi connectivity index (χ1) is 8.13. The van der Waals surface area contributed by atoms with Crippen LogP contribution in [-0.4, -0.2) is 74.4 Å². The van der Waals surface area contributed by atoms with E-state index in [0.29, 0.717) is 5.41 Å². The number of aliphatic hydroxyl groups is 1. The minimum absolute atomic E-state index is 0.284. The zero-order valence-electron chi connectivity index (χ0n) is 11.7. The molecule has 1 saturated heterocycles. The first kappa shape index (κ1) is 14.9. The van der Waals surface area contributed by atoms with Crippen LogP contribution >= 0.6 is 0 Å². The highest BCUT2D eigenvalue weighted by molar-refractivity contribution is 4.82. The fraction of sp³-hybridized carbons (Fsp3) is 1.00. The van der Waals surface area contributed by atoms with Gasteiger partial charge in [0, 0.05) is 45.8 Å². The smallest absolute Gasteiger partial charge is 0.0558 e. The van der Waals surface area contributed by atoms with E-state index in [0.717, 1.165) is 39.3 Å². The lowest BCUT2D eigenvalue weighted by molar-refractivity contribution is 0.0791. The van der Waals surface area contributed by atoms with Crippen LogP contribution in [-0.2, 0) is 0 Å². The van der Waals surface area contributed by atoms with Crippen molar-refractivity contribution < 1.29 is 5.11 Å². The molecule has 1 aliphatic heterocycles. The number of nitrogens with one attached hydrogen (secondary N) is 1. The summed E-state index contributed by atoms with van der Waals surface area (Å²) in [6, 6.07) is 0. The van der Waals surface area contributed by atoms with Gasteiger partial charge < -0.3 is 15.3 Å². The number of hydrogen-bond donors (Lipinski definition) is 2. The van der Waals surface area contributed by atoms with E-state index in [1.807, 2.05) is 7.05 Å². The third-order valence-electron chi connectivity index (χ3n) is 3.94. The Morgan fingerprint density at radius 1 is 1.18 bits per heavy atom. The molecule has 4 nitrogen and oxygen atoms in total. The van der Waals surface area contributed by atoms with Crippen LogP contribution < -0.4 is 5.32 Å². The van der Waals surface area contributed by atoms with E-state index >= 15 is 0 Å². The van der Waals surface area contributed by atoms with Gasteiger partial charge in [-0.05, 0) is 18.9 Å². The van der Waals surface area contributed by atoms with E-state index in [1.54, 1.807) is 0 Å². The first-order valence-electron chi connectivity index (χ1n) is 6.83. The molecule has 0 spiro atoms. The summed E-state index contributed by atoms with van der Waals surface area (Å²) in [5.41, 5.74) is 0.383. The average Bonchev–Trinajstić information content (AvgIpc) is 2.32. The second kappa shape index (κ2) is 7.31. The number of β-amino-alcohol motifs (C(OH)–C–C–N with tert-alkyl or cyclic N) is 1. The van der Waals surface area contributed by atoms with Crippen molar-refractivity contribution in [3.05, 3.63) is 0 Å². The fourth-order valence-corrected chi connectivity index (χ4v) is 2.57. The topological polar surface area (TPSA) is 38.7 Å². The van der Waals surface area contributed by atoms with E-state index < -0.39 is 0 Å². The maximum Gasteiger partial charge on any atom is 0.0558 e. The summed E-state index contributed by atoms with van der Waals surface area (Å²) in [6.07, 6.45) is 1.21.